The van der Waals surface area contributed by atoms with Gasteiger partial charge in [-0.2, -0.15) is 0 Å². The van der Waals surface area contributed by atoms with E-state index in [1.807, 2.05) is 0 Å². The standard InChI is InChI=1S/C16H19NO2/c1-5-7-16-12(11-6-8-15(16,4)9-11)13(18)17(10(2)3)14(16)19/h5-6,8,11-12H,1-2,7,9H2,3-4H3. The number of amides is 2. The second-order valence-electron chi connectivity index (χ2n) is 6.30. The van der Waals surface area contributed by atoms with Crippen molar-refractivity contribution in [1.82, 2.24) is 4.90 Å². The number of carbonyl (C=O) groups excluding carboxylic acids is 2. The average molecular weight is 257 g/mol. The lowest BCUT2D eigenvalue weighted by Crippen LogP contribution is -2.44. The molecule has 0 aromatic carbocycles. The second kappa shape index (κ2) is 3.47. The van der Waals surface area contributed by atoms with Gasteiger partial charge in [0.05, 0.1) is 11.3 Å². The zero-order valence-corrected chi connectivity index (χ0v) is 11.5. The number of hydrogen-bond donors (Lipinski definition) is 0. The van der Waals surface area contributed by atoms with Crippen LogP contribution in [0.1, 0.15) is 26.7 Å². The maximum atomic E-state index is 12.9. The first-order valence-corrected chi connectivity index (χ1v) is 6.73. The summed E-state index contributed by atoms with van der Waals surface area (Å²) in [6.07, 6.45) is 7.47. The predicted octanol–water partition coefficient (Wildman–Crippen LogP) is 2.66. The maximum absolute atomic E-state index is 12.9. The molecular weight excluding hydrogens is 238 g/mol. The second-order valence-corrected chi connectivity index (χ2v) is 6.30. The molecule has 0 spiro atoms. The Morgan fingerprint density at radius 3 is 2.84 bits per heavy atom. The summed E-state index contributed by atoms with van der Waals surface area (Å²) in [5.41, 5.74) is -0.340. The van der Waals surface area contributed by atoms with Crippen molar-refractivity contribution in [1.29, 1.82) is 0 Å². The number of imide groups is 1. The van der Waals surface area contributed by atoms with Gasteiger partial charge in [-0.05, 0) is 25.7 Å². The Hall–Kier alpha value is -1.64. The summed E-state index contributed by atoms with van der Waals surface area (Å²) in [7, 11) is 0. The van der Waals surface area contributed by atoms with Gasteiger partial charge in [0.25, 0.3) is 0 Å². The van der Waals surface area contributed by atoms with Gasteiger partial charge in [-0.15, -0.1) is 6.58 Å². The quantitative estimate of drug-likeness (QED) is 0.576. The largest absolute Gasteiger partial charge is 0.274 e. The van der Waals surface area contributed by atoms with Crippen LogP contribution in [0.5, 0.6) is 0 Å². The minimum absolute atomic E-state index is 0.0718. The Morgan fingerprint density at radius 2 is 2.26 bits per heavy atom. The average Bonchev–Trinajstić information content (AvgIpc) is 2.87. The van der Waals surface area contributed by atoms with Crippen molar-refractivity contribution in [2.75, 3.05) is 0 Å². The predicted molar refractivity (Wildman–Crippen MR) is 72.8 cm³/mol. The first kappa shape index (κ1) is 12.4. The van der Waals surface area contributed by atoms with Crippen LogP contribution in [0.4, 0.5) is 0 Å². The van der Waals surface area contributed by atoms with Crippen LogP contribution in [0.25, 0.3) is 0 Å². The van der Waals surface area contributed by atoms with E-state index in [2.05, 4.69) is 32.2 Å². The molecule has 0 aromatic heterocycles. The van der Waals surface area contributed by atoms with E-state index in [0.717, 1.165) is 6.42 Å². The Labute approximate surface area is 113 Å². The Morgan fingerprint density at radius 1 is 1.58 bits per heavy atom. The number of nitrogens with zero attached hydrogens (tertiary/aromatic N) is 1. The van der Waals surface area contributed by atoms with Gasteiger partial charge in [0.15, 0.2) is 0 Å². The number of likely N-dealkylation sites (tertiary alicyclic amines) is 1. The van der Waals surface area contributed by atoms with Gasteiger partial charge in [-0.3, -0.25) is 14.5 Å². The highest BCUT2D eigenvalue weighted by Crippen LogP contribution is 2.69. The third kappa shape index (κ3) is 1.14. The van der Waals surface area contributed by atoms with Gasteiger partial charge in [-0.1, -0.05) is 31.7 Å². The third-order valence-electron chi connectivity index (χ3n) is 5.27. The summed E-state index contributed by atoms with van der Waals surface area (Å²) in [6, 6.07) is 0. The summed E-state index contributed by atoms with van der Waals surface area (Å²) in [5.74, 6) is -0.197. The molecule has 4 atom stereocenters. The summed E-state index contributed by atoms with van der Waals surface area (Å²) in [4.78, 5) is 26.8. The highest BCUT2D eigenvalue weighted by atomic mass is 16.2. The zero-order valence-electron chi connectivity index (χ0n) is 11.5. The Bertz CT molecular complexity index is 547. The number of fused-ring (bicyclic) bond motifs is 5. The molecule has 3 heteroatoms. The molecule has 2 aliphatic carbocycles. The van der Waals surface area contributed by atoms with Gasteiger partial charge < -0.3 is 0 Å². The van der Waals surface area contributed by atoms with Crippen LogP contribution in [0, 0.1) is 22.7 Å². The van der Waals surface area contributed by atoms with Crippen LogP contribution in [0.3, 0.4) is 0 Å². The summed E-state index contributed by atoms with van der Waals surface area (Å²) < 4.78 is 0. The van der Waals surface area contributed by atoms with E-state index >= 15 is 0 Å². The highest BCUT2D eigenvalue weighted by Gasteiger charge is 2.73. The molecule has 0 N–H and O–H groups in total. The molecule has 4 unspecified atom stereocenters. The van der Waals surface area contributed by atoms with E-state index in [9.17, 15) is 9.59 Å². The smallest absolute Gasteiger partial charge is 0.241 e. The van der Waals surface area contributed by atoms with Gasteiger partial charge >= 0.3 is 0 Å². The summed E-state index contributed by atoms with van der Waals surface area (Å²) in [6.45, 7) is 11.4. The SMILES string of the molecule is C=CCC12C(=O)N(C(=C)C)C(=O)C1C1C=CC2(C)C1. The van der Waals surface area contributed by atoms with Gasteiger partial charge in [-0.25, -0.2) is 0 Å². The van der Waals surface area contributed by atoms with E-state index in [4.69, 9.17) is 0 Å². The van der Waals surface area contributed by atoms with Gasteiger partial charge in [0, 0.05) is 11.1 Å². The van der Waals surface area contributed by atoms with Crippen molar-refractivity contribution in [3.05, 3.63) is 37.1 Å². The fourth-order valence-electron chi connectivity index (χ4n) is 4.49. The van der Waals surface area contributed by atoms with E-state index in [0.29, 0.717) is 12.1 Å². The molecular formula is C16H19NO2. The van der Waals surface area contributed by atoms with E-state index in [1.165, 1.54) is 4.90 Å². The molecule has 3 nitrogen and oxygen atoms in total. The van der Waals surface area contributed by atoms with Crippen molar-refractivity contribution in [3.63, 3.8) is 0 Å². The van der Waals surface area contributed by atoms with E-state index < -0.39 is 5.41 Å². The summed E-state index contributed by atoms with van der Waals surface area (Å²) >= 11 is 0. The fraction of sp³-hybridized carbons (Fsp3) is 0.500. The van der Waals surface area contributed by atoms with Gasteiger partial charge in [0.2, 0.25) is 11.8 Å². The molecule has 3 aliphatic rings. The summed E-state index contributed by atoms with van der Waals surface area (Å²) in [5, 5.41) is 0. The highest BCUT2D eigenvalue weighted by molar-refractivity contribution is 6.10. The monoisotopic (exact) mass is 257 g/mol. The number of hydrogen-bond acceptors (Lipinski definition) is 2. The lowest BCUT2D eigenvalue weighted by molar-refractivity contribution is -0.141. The lowest BCUT2D eigenvalue weighted by Gasteiger charge is -2.39. The molecule has 1 saturated carbocycles. The Kier molecular flexibility index (Phi) is 2.26. The molecule has 2 amide bonds. The molecule has 2 bridgehead atoms. The zero-order chi connectivity index (χ0) is 14.0. The minimum atomic E-state index is -0.635. The molecule has 1 aliphatic heterocycles. The van der Waals surface area contributed by atoms with E-state index in [1.54, 1.807) is 13.0 Å². The van der Waals surface area contributed by atoms with Crippen molar-refractivity contribution < 1.29 is 9.59 Å². The van der Waals surface area contributed by atoms with Crippen molar-refractivity contribution in [2.45, 2.75) is 26.7 Å². The third-order valence-corrected chi connectivity index (χ3v) is 5.27. The molecule has 2 fully saturated rings. The van der Waals surface area contributed by atoms with Crippen molar-refractivity contribution in [3.8, 4) is 0 Å². The van der Waals surface area contributed by atoms with Gasteiger partial charge in [0.1, 0.15) is 0 Å². The van der Waals surface area contributed by atoms with Crippen LogP contribution in [-0.4, -0.2) is 16.7 Å². The Balaban J connectivity index is 2.21. The van der Waals surface area contributed by atoms with Crippen LogP contribution in [0.15, 0.2) is 37.1 Å². The lowest BCUT2D eigenvalue weighted by atomic mass is 9.60. The molecule has 1 heterocycles. The van der Waals surface area contributed by atoms with Crippen molar-refractivity contribution in [2.24, 2.45) is 22.7 Å². The minimum Gasteiger partial charge on any atom is -0.274 e. The van der Waals surface area contributed by atoms with E-state index in [-0.39, 0.29) is 29.1 Å². The van der Waals surface area contributed by atoms with Crippen LogP contribution in [0.2, 0.25) is 0 Å². The number of rotatable bonds is 3. The molecule has 3 rings (SSSR count). The topological polar surface area (TPSA) is 37.4 Å². The van der Waals surface area contributed by atoms with Crippen LogP contribution in [-0.2, 0) is 9.59 Å². The van der Waals surface area contributed by atoms with Crippen molar-refractivity contribution >= 4 is 11.8 Å². The first-order chi connectivity index (χ1) is 8.89. The fourth-order valence-corrected chi connectivity index (χ4v) is 4.49. The normalized spacial score (nSPS) is 42.9. The number of allylic oxidation sites excluding steroid dienone is 4. The number of carbonyl (C=O) groups is 2. The van der Waals surface area contributed by atoms with Crippen LogP contribution >= 0.6 is 0 Å². The first-order valence-electron chi connectivity index (χ1n) is 6.73. The molecule has 0 radical (unpaired) electrons. The molecule has 0 aromatic rings. The molecule has 1 saturated heterocycles. The molecule has 100 valence electrons. The molecule has 19 heavy (non-hydrogen) atoms. The van der Waals surface area contributed by atoms with Crippen LogP contribution < -0.4 is 0 Å². The maximum Gasteiger partial charge on any atom is 0.241 e.